The van der Waals surface area contributed by atoms with Gasteiger partial charge in [-0.15, -0.1) is 10.2 Å². The van der Waals surface area contributed by atoms with Crippen molar-refractivity contribution < 1.29 is 18.3 Å². The maximum Gasteiger partial charge on any atom is 0.234 e. The van der Waals surface area contributed by atoms with E-state index in [0.29, 0.717) is 34.4 Å². The number of nitrogens with zero attached hydrogens (tertiary/aromatic N) is 3. The molecule has 1 amide bonds. The number of benzene rings is 2. The van der Waals surface area contributed by atoms with E-state index in [2.05, 4.69) is 15.5 Å². The summed E-state index contributed by atoms with van der Waals surface area (Å²) in [7, 11) is 0. The van der Waals surface area contributed by atoms with Gasteiger partial charge in [0.2, 0.25) is 5.91 Å². The number of carbonyl (C=O) groups excluding carboxylic acids is 1. The first kappa shape index (κ1) is 23.0. The topological polar surface area (TPSA) is 69.0 Å². The third-order valence-corrected chi connectivity index (χ3v) is 5.80. The van der Waals surface area contributed by atoms with Crippen LogP contribution in [-0.4, -0.2) is 26.4 Å². The summed E-state index contributed by atoms with van der Waals surface area (Å²) in [5.41, 5.74) is 0.827. The molecule has 1 heterocycles. The minimum atomic E-state index is -0.833. The molecule has 2 aromatic carbocycles. The van der Waals surface area contributed by atoms with Crippen LogP contribution in [0.15, 0.2) is 41.6 Å². The van der Waals surface area contributed by atoms with Crippen LogP contribution in [0.5, 0.6) is 5.75 Å². The number of hydrogen-bond acceptors (Lipinski definition) is 5. The van der Waals surface area contributed by atoms with E-state index in [4.69, 9.17) is 16.3 Å². The zero-order valence-electron chi connectivity index (χ0n) is 17.2. The Balaban J connectivity index is 1.65. The van der Waals surface area contributed by atoms with Crippen molar-refractivity contribution >= 4 is 35.0 Å². The number of hydrogen-bond donors (Lipinski definition) is 1. The molecule has 1 unspecified atom stereocenters. The van der Waals surface area contributed by atoms with Gasteiger partial charge in [-0.05, 0) is 56.7 Å². The molecule has 31 heavy (non-hydrogen) atoms. The molecule has 0 aliphatic carbocycles. The molecule has 1 aromatic heterocycles. The average Bonchev–Trinajstić information content (AvgIpc) is 3.14. The van der Waals surface area contributed by atoms with Gasteiger partial charge in [0.05, 0.1) is 11.4 Å². The minimum absolute atomic E-state index is 0.0133. The highest BCUT2D eigenvalue weighted by Crippen LogP contribution is 2.27. The number of nitrogens with one attached hydrogen (secondary N) is 1. The molecule has 0 saturated heterocycles. The molecule has 0 radical (unpaired) electrons. The molecular formula is C21H21ClF2N4O2S. The minimum Gasteiger partial charge on any atom is -0.483 e. The van der Waals surface area contributed by atoms with Crippen LogP contribution in [0.3, 0.4) is 0 Å². The Labute approximate surface area is 188 Å². The number of halogens is 3. The fourth-order valence-electron chi connectivity index (χ4n) is 2.86. The van der Waals surface area contributed by atoms with Gasteiger partial charge >= 0.3 is 0 Å². The molecule has 10 heteroatoms. The largest absolute Gasteiger partial charge is 0.483 e. The van der Waals surface area contributed by atoms with Crippen LogP contribution in [0.1, 0.15) is 31.3 Å². The molecule has 0 aliphatic heterocycles. The summed E-state index contributed by atoms with van der Waals surface area (Å²) in [6.07, 6.45) is -0.385. The summed E-state index contributed by atoms with van der Waals surface area (Å²) in [6.45, 7) is 6.26. The van der Waals surface area contributed by atoms with Gasteiger partial charge in [-0.3, -0.25) is 4.79 Å². The van der Waals surface area contributed by atoms with Crippen LogP contribution in [0.4, 0.5) is 14.5 Å². The average molecular weight is 467 g/mol. The molecule has 1 atom stereocenters. The van der Waals surface area contributed by atoms with E-state index in [-0.39, 0.29) is 17.5 Å². The van der Waals surface area contributed by atoms with E-state index < -0.39 is 17.5 Å². The summed E-state index contributed by atoms with van der Waals surface area (Å²) in [4.78, 5) is 12.2. The quantitative estimate of drug-likeness (QED) is 0.449. The normalized spacial score (nSPS) is 11.9. The molecule has 3 rings (SSSR count). The second-order valence-corrected chi connectivity index (χ2v) is 8.07. The number of ether oxygens (including phenoxy) is 1. The van der Waals surface area contributed by atoms with E-state index >= 15 is 0 Å². The number of thioether (sulfide) groups is 1. The van der Waals surface area contributed by atoms with Gasteiger partial charge in [0.1, 0.15) is 17.4 Å². The first-order chi connectivity index (χ1) is 14.8. The summed E-state index contributed by atoms with van der Waals surface area (Å²) >= 11 is 7.22. The van der Waals surface area contributed by atoms with Crippen LogP contribution in [0.2, 0.25) is 5.02 Å². The van der Waals surface area contributed by atoms with Crippen LogP contribution in [0.25, 0.3) is 0 Å². The molecule has 1 N–H and O–H groups in total. The predicted octanol–water partition coefficient (Wildman–Crippen LogP) is 5.41. The van der Waals surface area contributed by atoms with Gasteiger partial charge in [0, 0.05) is 17.6 Å². The van der Waals surface area contributed by atoms with Crippen LogP contribution < -0.4 is 10.1 Å². The summed E-state index contributed by atoms with van der Waals surface area (Å²) in [5.74, 6) is -0.721. The summed E-state index contributed by atoms with van der Waals surface area (Å²) in [5, 5.41) is 12.0. The molecule has 0 spiro atoms. The monoisotopic (exact) mass is 466 g/mol. The van der Waals surface area contributed by atoms with Gasteiger partial charge in [-0.2, -0.15) is 0 Å². The van der Waals surface area contributed by atoms with Crippen LogP contribution >= 0.6 is 23.4 Å². The highest BCUT2D eigenvalue weighted by atomic mass is 35.5. The van der Waals surface area contributed by atoms with Gasteiger partial charge in [0.25, 0.3) is 0 Å². The lowest BCUT2D eigenvalue weighted by atomic mass is 10.2. The first-order valence-electron chi connectivity index (χ1n) is 9.52. The van der Waals surface area contributed by atoms with Crippen molar-refractivity contribution in [3.8, 4) is 5.75 Å². The van der Waals surface area contributed by atoms with Crippen molar-refractivity contribution in [2.45, 2.75) is 38.6 Å². The lowest BCUT2D eigenvalue weighted by Gasteiger charge is -2.16. The highest BCUT2D eigenvalue weighted by Gasteiger charge is 2.20. The van der Waals surface area contributed by atoms with Gasteiger partial charge in [-0.1, -0.05) is 23.4 Å². The molecule has 0 saturated carbocycles. The molecule has 0 aliphatic rings. The van der Waals surface area contributed by atoms with Crippen molar-refractivity contribution in [3.63, 3.8) is 0 Å². The van der Waals surface area contributed by atoms with Crippen molar-refractivity contribution in [3.05, 3.63) is 64.4 Å². The Morgan fingerprint density at radius 2 is 2.03 bits per heavy atom. The second-order valence-electron chi connectivity index (χ2n) is 6.72. The number of anilines is 1. The van der Waals surface area contributed by atoms with Gasteiger partial charge in [-0.25, -0.2) is 8.78 Å². The Kier molecular flexibility index (Phi) is 7.50. The van der Waals surface area contributed by atoms with E-state index in [1.807, 2.05) is 31.4 Å². The van der Waals surface area contributed by atoms with Crippen LogP contribution in [0, 0.1) is 18.6 Å². The smallest absolute Gasteiger partial charge is 0.234 e. The number of rotatable bonds is 8. The van der Waals surface area contributed by atoms with Crippen LogP contribution in [-0.2, 0) is 11.3 Å². The third kappa shape index (κ3) is 5.74. The number of aryl methyl sites for hydroxylation is 1. The maximum absolute atomic E-state index is 13.7. The lowest BCUT2D eigenvalue weighted by molar-refractivity contribution is -0.113. The molecule has 6 nitrogen and oxygen atoms in total. The van der Waals surface area contributed by atoms with E-state index in [1.165, 1.54) is 6.07 Å². The number of aromatic nitrogens is 3. The van der Waals surface area contributed by atoms with E-state index in [1.54, 1.807) is 12.1 Å². The molecule has 0 bridgehead atoms. The lowest BCUT2D eigenvalue weighted by Crippen LogP contribution is -2.16. The molecule has 164 valence electrons. The SMILES string of the molecule is CCn1c(SCC(=O)Nc2ccc(F)cc2F)nnc1C(C)Oc1ccc(Cl)c(C)c1. The van der Waals surface area contributed by atoms with Gasteiger partial charge < -0.3 is 14.6 Å². The molecular weight excluding hydrogens is 446 g/mol. The maximum atomic E-state index is 13.7. The van der Waals surface area contributed by atoms with E-state index in [0.717, 1.165) is 23.4 Å². The molecule has 3 aromatic rings. The number of carbonyl (C=O) groups is 1. The Morgan fingerprint density at radius 3 is 2.71 bits per heavy atom. The first-order valence-corrected chi connectivity index (χ1v) is 10.9. The summed E-state index contributed by atoms with van der Waals surface area (Å²) < 4.78 is 34.5. The Bertz CT molecular complexity index is 1090. The second kappa shape index (κ2) is 10.1. The fraction of sp³-hybridized carbons (Fsp3) is 0.286. The molecule has 0 fully saturated rings. The zero-order chi connectivity index (χ0) is 22.5. The van der Waals surface area contributed by atoms with Gasteiger partial charge in [0.15, 0.2) is 17.1 Å². The Morgan fingerprint density at radius 1 is 1.26 bits per heavy atom. The van der Waals surface area contributed by atoms with Crippen molar-refractivity contribution in [1.29, 1.82) is 0 Å². The highest BCUT2D eigenvalue weighted by molar-refractivity contribution is 7.99. The van der Waals surface area contributed by atoms with Crippen molar-refractivity contribution in [2.24, 2.45) is 0 Å². The number of amides is 1. The van der Waals surface area contributed by atoms with E-state index in [9.17, 15) is 13.6 Å². The Hall–Kier alpha value is -2.65. The fourth-order valence-corrected chi connectivity index (χ4v) is 3.79. The predicted molar refractivity (Wildman–Crippen MR) is 117 cm³/mol. The third-order valence-electron chi connectivity index (χ3n) is 4.41. The van der Waals surface area contributed by atoms with Crippen molar-refractivity contribution in [1.82, 2.24) is 14.8 Å². The van der Waals surface area contributed by atoms with Crippen molar-refractivity contribution in [2.75, 3.05) is 11.1 Å². The summed E-state index contributed by atoms with van der Waals surface area (Å²) in [6, 6.07) is 8.37. The zero-order valence-corrected chi connectivity index (χ0v) is 18.7. The standard InChI is InChI=1S/C21H21ClF2N4O2S/c1-4-28-20(13(3)30-15-6-7-16(22)12(2)9-15)26-27-21(28)31-11-19(29)25-18-8-5-14(23)10-17(18)24/h5-10,13H,4,11H2,1-3H3,(H,25,29).